The Morgan fingerprint density at radius 3 is 2.75 bits per heavy atom. The number of alkyl halides is 3. The van der Waals surface area contributed by atoms with Crippen molar-refractivity contribution in [2.45, 2.75) is 24.6 Å². The number of fused-ring (bicyclic) bond motifs is 4. The Morgan fingerprint density at radius 2 is 1.95 bits per heavy atom. The molecule has 3 aliphatic rings. The predicted octanol–water partition coefficient (Wildman–Crippen LogP) is 5.72. The van der Waals surface area contributed by atoms with Crippen molar-refractivity contribution < 1.29 is 22.3 Å². The molecule has 3 atom stereocenters. The lowest BCUT2D eigenvalue weighted by atomic mass is 10.1. The Balaban J connectivity index is 1.17. The number of hydrogen-bond donors (Lipinski definition) is 2. The molecule has 5 aromatic rings. The fourth-order valence-corrected chi connectivity index (χ4v) is 6.16. The number of anilines is 1. The highest BCUT2D eigenvalue weighted by molar-refractivity contribution is 6.31. The quantitative estimate of drug-likeness (QED) is 0.247. The second-order valence-corrected chi connectivity index (χ2v) is 11.3. The summed E-state index contributed by atoms with van der Waals surface area (Å²) in [5.41, 5.74) is 1.30. The minimum absolute atomic E-state index is 0.0844. The number of nitrogens with zero attached hydrogens (tertiary/aromatic N) is 6. The minimum Gasteiger partial charge on any atom is -0.485 e. The van der Waals surface area contributed by atoms with Crippen LogP contribution in [0.3, 0.4) is 0 Å². The molecule has 0 saturated heterocycles. The number of benzene rings is 2. The monoisotopic (exact) mass is 622 g/mol. The molecule has 1 aliphatic carbocycles. The number of H-pyrrole nitrogens is 1. The smallest absolute Gasteiger partial charge is 0.436 e. The molecule has 10 nitrogen and oxygen atoms in total. The molecule has 15 heteroatoms. The van der Waals surface area contributed by atoms with Crippen LogP contribution >= 0.6 is 11.6 Å². The number of aromatic nitrogens is 7. The Hall–Kier alpha value is -4.98. The molecule has 0 amide bonds. The minimum atomic E-state index is -4.69. The Morgan fingerprint density at radius 1 is 1.11 bits per heavy atom. The van der Waals surface area contributed by atoms with E-state index in [4.69, 9.17) is 21.3 Å². The summed E-state index contributed by atoms with van der Waals surface area (Å²) in [6, 6.07) is 10.4. The second kappa shape index (κ2) is 9.26. The van der Waals surface area contributed by atoms with E-state index in [1.165, 1.54) is 28.8 Å². The average Bonchev–Trinajstić information content (AvgIpc) is 3.28. The molecule has 2 aromatic carbocycles. The third-order valence-electron chi connectivity index (χ3n) is 8.05. The third-order valence-corrected chi connectivity index (χ3v) is 8.28. The number of halogens is 5. The van der Waals surface area contributed by atoms with Gasteiger partial charge in [-0.1, -0.05) is 23.4 Å². The van der Waals surface area contributed by atoms with Crippen molar-refractivity contribution in [3.05, 3.63) is 99.5 Å². The second-order valence-electron chi connectivity index (χ2n) is 10.9. The number of aromatic amines is 1. The van der Waals surface area contributed by atoms with E-state index in [9.17, 15) is 18.0 Å². The van der Waals surface area contributed by atoms with Crippen LogP contribution in [0.15, 0.2) is 65.7 Å². The van der Waals surface area contributed by atoms with Crippen LogP contribution in [0.2, 0.25) is 5.02 Å². The first-order valence-electron chi connectivity index (χ1n) is 13.5. The molecule has 8 rings (SSSR count). The molecule has 0 spiro atoms. The first-order valence-corrected chi connectivity index (χ1v) is 13.8. The topological polar surface area (TPSA) is 116 Å². The Bertz CT molecular complexity index is 2080. The lowest BCUT2D eigenvalue weighted by Crippen LogP contribution is -2.27. The van der Waals surface area contributed by atoms with Crippen molar-refractivity contribution in [2.75, 3.05) is 11.9 Å². The van der Waals surface area contributed by atoms with E-state index >= 15 is 4.39 Å². The van der Waals surface area contributed by atoms with Crippen molar-refractivity contribution in [3.8, 4) is 34.1 Å². The van der Waals surface area contributed by atoms with E-state index in [2.05, 4.69) is 32.2 Å². The van der Waals surface area contributed by atoms with Crippen LogP contribution in [0.25, 0.3) is 28.3 Å². The van der Waals surface area contributed by atoms with E-state index in [0.717, 1.165) is 22.3 Å². The van der Waals surface area contributed by atoms with E-state index in [0.29, 0.717) is 35.7 Å². The standard InChI is InChI=1S/C29H19ClF4N8O2/c1-12-11-44-21-6-13(2-4-18(21)35-12)27-37-24(26(31)38-27)25-15-8-16(15)28-36-19(9-23(43)42(25)28)17-7-14(30)3-5-20(17)41-10-22(39-40-41)29(32,33)34/h2-7,9-10,15-16,25,35H,1,8,11H2,(H,37,38). The van der Waals surface area contributed by atoms with Gasteiger partial charge in [-0.25, -0.2) is 14.6 Å². The number of nitrogens with one attached hydrogen (secondary N) is 2. The van der Waals surface area contributed by atoms with Gasteiger partial charge in [-0.2, -0.15) is 17.6 Å². The number of hydrogen-bond acceptors (Lipinski definition) is 7. The predicted molar refractivity (Wildman–Crippen MR) is 150 cm³/mol. The number of rotatable bonds is 4. The molecule has 0 radical (unpaired) electrons. The summed E-state index contributed by atoms with van der Waals surface area (Å²) in [5.74, 6) is 0.391. The van der Waals surface area contributed by atoms with Crippen molar-refractivity contribution in [1.29, 1.82) is 0 Å². The zero-order chi connectivity index (χ0) is 30.5. The molecule has 2 aliphatic heterocycles. The number of ether oxygens (including phenoxy) is 1. The molecule has 1 saturated carbocycles. The SMILES string of the molecule is C=C1COc2cc(-c3nc(F)c(C4C5CC5c5nc(-c6cc(Cl)ccc6-n6cc(C(F)(F)F)nn6)cc(=O)n54)[nH]3)ccc2N1. The first-order chi connectivity index (χ1) is 21.0. The summed E-state index contributed by atoms with van der Waals surface area (Å²) in [6.07, 6.45) is -3.26. The fourth-order valence-electron chi connectivity index (χ4n) is 5.99. The van der Waals surface area contributed by atoms with Gasteiger partial charge in [0, 0.05) is 33.8 Å². The largest absolute Gasteiger partial charge is 0.485 e. The van der Waals surface area contributed by atoms with Crippen LogP contribution < -0.4 is 15.6 Å². The van der Waals surface area contributed by atoms with Gasteiger partial charge in [0.05, 0.1) is 35.0 Å². The summed E-state index contributed by atoms with van der Waals surface area (Å²) in [7, 11) is 0. The van der Waals surface area contributed by atoms with Crippen LogP contribution in [0, 0.1) is 11.9 Å². The zero-order valence-corrected chi connectivity index (χ0v) is 23.1. The maximum Gasteiger partial charge on any atom is 0.436 e. The van der Waals surface area contributed by atoms with Gasteiger partial charge in [0.15, 0.2) is 5.69 Å². The van der Waals surface area contributed by atoms with Crippen LogP contribution in [0.1, 0.15) is 35.6 Å². The number of imidazole rings is 1. The molecule has 0 bridgehead atoms. The summed E-state index contributed by atoms with van der Waals surface area (Å²) < 4.78 is 63.2. The van der Waals surface area contributed by atoms with Gasteiger partial charge < -0.3 is 15.0 Å². The first kappa shape index (κ1) is 26.6. The normalized spacial score (nSPS) is 20.0. The molecule has 5 heterocycles. The summed E-state index contributed by atoms with van der Waals surface area (Å²) in [4.78, 5) is 25.6. The molecular weight excluding hydrogens is 604 g/mol. The maximum absolute atomic E-state index is 15.4. The molecule has 3 unspecified atom stereocenters. The molecule has 222 valence electrons. The van der Waals surface area contributed by atoms with Crippen LogP contribution in [-0.4, -0.2) is 41.1 Å². The highest BCUT2D eigenvalue weighted by Crippen LogP contribution is 2.60. The molecule has 44 heavy (non-hydrogen) atoms. The van der Waals surface area contributed by atoms with E-state index in [1.54, 1.807) is 18.2 Å². The van der Waals surface area contributed by atoms with Crippen molar-refractivity contribution in [2.24, 2.45) is 5.92 Å². The highest BCUT2D eigenvalue weighted by atomic mass is 35.5. The lowest BCUT2D eigenvalue weighted by molar-refractivity contribution is -0.141. The van der Waals surface area contributed by atoms with Crippen molar-refractivity contribution in [3.63, 3.8) is 0 Å². The van der Waals surface area contributed by atoms with Crippen LogP contribution in [0.5, 0.6) is 5.75 Å². The van der Waals surface area contributed by atoms with E-state index < -0.39 is 29.4 Å². The molecule has 2 N–H and O–H groups in total. The summed E-state index contributed by atoms with van der Waals surface area (Å²) in [6.45, 7) is 4.16. The molecule has 3 aromatic heterocycles. The van der Waals surface area contributed by atoms with Gasteiger partial charge >= 0.3 is 6.18 Å². The van der Waals surface area contributed by atoms with Gasteiger partial charge in [0.25, 0.3) is 5.56 Å². The van der Waals surface area contributed by atoms with Gasteiger partial charge in [-0.05, 0) is 48.7 Å². The van der Waals surface area contributed by atoms with E-state index in [1.807, 2.05) is 0 Å². The van der Waals surface area contributed by atoms with Crippen molar-refractivity contribution >= 4 is 17.3 Å². The molecular formula is C29H19ClF4N8O2. The summed E-state index contributed by atoms with van der Waals surface area (Å²) in [5, 5.41) is 10.3. The Labute approximate surface area is 250 Å². The maximum atomic E-state index is 15.4. The average molecular weight is 623 g/mol. The van der Waals surface area contributed by atoms with Crippen molar-refractivity contribution in [1.82, 2.24) is 34.5 Å². The third kappa shape index (κ3) is 4.19. The van der Waals surface area contributed by atoms with Gasteiger partial charge in [-0.3, -0.25) is 9.36 Å². The summed E-state index contributed by atoms with van der Waals surface area (Å²) >= 11 is 6.24. The van der Waals surface area contributed by atoms with Gasteiger partial charge in [0.1, 0.15) is 24.0 Å². The van der Waals surface area contributed by atoms with Crippen LogP contribution in [-0.2, 0) is 6.18 Å². The molecule has 1 fully saturated rings. The highest BCUT2D eigenvalue weighted by Gasteiger charge is 2.56. The zero-order valence-electron chi connectivity index (χ0n) is 22.4. The van der Waals surface area contributed by atoms with Gasteiger partial charge in [-0.15, -0.1) is 5.10 Å². The van der Waals surface area contributed by atoms with Gasteiger partial charge in [0.2, 0.25) is 5.95 Å². The van der Waals surface area contributed by atoms with E-state index in [-0.39, 0.29) is 39.8 Å². The van der Waals surface area contributed by atoms with Crippen LogP contribution in [0.4, 0.5) is 23.2 Å². The Kier molecular flexibility index (Phi) is 5.60. The lowest BCUT2D eigenvalue weighted by Gasteiger charge is -2.21. The fraction of sp³-hybridized carbons (Fsp3) is 0.207.